The van der Waals surface area contributed by atoms with E-state index in [1.165, 1.54) is 11.8 Å². The summed E-state index contributed by atoms with van der Waals surface area (Å²) in [5.74, 6) is 0.578. The minimum absolute atomic E-state index is 0.0939. The third-order valence-corrected chi connectivity index (χ3v) is 7.65. The van der Waals surface area contributed by atoms with Crippen molar-refractivity contribution in [1.82, 2.24) is 15.0 Å². The predicted octanol–water partition coefficient (Wildman–Crippen LogP) is 3.68. The summed E-state index contributed by atoms with van der Waals surface area (Å²) < 4.78 is 16.6. The number of pyridine rings is 2. The number of rotatable bonds is 4. The van der Waals surface area contributed by atoms with Gasteiger partial charge in [-0.1, -0.05) is 0 Å². The molecule has 0 spiro atoms. The number of nitrogens with two attached hydrogens (primary N) is 1. The minimum Gasteiger partial charge on any atom is -0.388 e. The maximum Gasteiger partial charge on any atom is 0.232 e. The van der Waals surface area contributed by atoms with Crippen LogP contribution >= 0.6 is 11.8 Å². The molecule has 9 heteroatoms. The number of anilines is 2. The van der Waals surface area contributed by atoms with E-state index in [0.29, 0.717) is 11.6 Å². The van der Waals surface area contributed by atoms with E-state index in [4.69, 9.17) is 15.7 Å². The lowest BCUT2D eigenvalue weighted by molar-refractivity contribution is -0.645. The fraction of sp³-hybridized carbons (Fsp3) is 0.308. The maximum absolute atomic E-state index is 14.5. The molecule has 3 aromatic heterocycles. The van der Waals surface area contributed by atoms with Gasteiger partial charge in [0.15, 0.2) is 11.4 Å². The largest absolute Gasteiger partial charge is 0.388 e. The number of benzene rings is 1. The Morgan fingerprint density at radius 3 is 2.97 bits per heavy atom. The van der Waals surface area contributed by atoms with Crippen molar-refractivity contribution in [1.29, 1.82) is 0 Å². The summed E-state index contributed by atoms with van der Waals surface area (Å²) >= 11 is 1.50. The van der Waals surface area contributed by atoms with E-state index >= 15 is 0 Å². The Kier molecular flexibility index (Phi) is 5.53. The van der Waals surface area contributed by atoms with E-state index in [-0.39, 0.29) is 11.9 Å². The lowest BCUT2D eigenvalue weighted by Gasteiger charge is -2.33. The Bertz CT molecular complexity index is 1460. The van der Waals surface area contributed by atoms with Crippen molar-refractivity contribution < 1.29 is 8.96 Å². The molecule has 2 aliphatic rings. The number of hydrogen-bond acceptors (Lipinski definition) is 7. The first kappa shape index (κ1) is 22.2. The van der Waals surface area contributed by atoms with Gasteiger partial charge in [-0.3, -0.25) is 0 Å². The average molecular weight is 489 g/mol. The van der Waals surface area contributed by atoms with Gasteiger partial charge in [0.05, 0.1) is 5.69 Å². The molecule has 1 fully saturated rings. The smallest absolute Gasteiger partial charge is 0.232 e. The van der Waals surface area contributed by atoms with Crippen LogP contribution in [0.15, 0.2) is 52.8 Å². The highest BCUT2D eigenvalue weighted by molar-refractivity contribution is 7.99. The van der Waals surface area contributed by atoms with Gasteiger partial charge in [0.2, 0.25) is 5.52 Å². The fourth-order valence-corrected chi connectivity index (χ4v) is 5.93. The van der Waals surface area contributed by atoms with Gasteiger partial charge in [-0.2, -0.15) is 4.57 Å². The molecule has 4 aromatic rings. The van der Waals surface area contributed by atoms with Crippen LogP contribution in [0.25, 0.3) is 22.2 Å². The first-order valence-corrected chi connectivity index (χ1v) is 12.7. The number of aromatic nitrogens is 4. The number of nitrogens with zero attached hydrogens (tertiary/aromatic N) is 5. The van der Waals surface area contributed by atoms with E-state index in [0.717, 1.165) is 75.7 Å². The molecule has 0 radical (unpaired) electrons. The van der Waals surface area contributed by atoms with Gasteiger partial charge < -0.3 is 16.0 Å². The molecule has 1 atom stereocenters. The molecule has 1 aliphatic carbocycles. The van der Waals surface area contributed by atoms with Gasteiger partial charge in [0, 0.05) is 67.1 Å². The van der Waals surface area contributed by atoms with Crippen LogP contribution in [-0.2, 0) is 13.5 Å². The van der Waals surface area contributed by atoms with Gasteiger partial charge in [-0.05, 0) is 53.9 Å². The molecule has 0 amide bonds. The van der Waals surface area contributed by atoms with Crippen LogP contribution in [-0.4, -0.2) is 41.1 Å². The van der Waals surface area contributed by atoms with Gasteiger partial charge in [0.25, 0.3) is 0 Å². The van der Waals surface area contributed by atoms with Gasteiger partial charge in [-0.15, -0.1) is 0 Å². The molecule has 3 N–H and O–H groups in total. The van der Waals surface area contributed by atoms with Crippen LogP contribution in [0.3, 0.4) is 0 Å². The molecule has 1 aromatic carbocycles. The zero-order chi connectivity index (χ0) is 24.1. The maximum atomic E-state index is 14.5. The van der Waals surface area contributed by atoms with Crippen molar-refractivity contribution in [3.05, 3.63) is 59.8 Å². The molecule has 7 nitrogen and oxygen atoms in total. The normalized spacial score (nSPS) is 16.9. The molecule has 0 saturated carbocycles. The second-order valence-corrected chi connectivity index (χ2v) is 10.2. The summed E-state index contributed by atoms with van der Waals surface area (Å²) in [6.07, 6.45) is 6.52. The lowest BCUT2D eigenvalue weighted by Crippen LogP contribution is -2.43. The molecular formula is C26H27FN7S+. The standard InChI is InChI=1S/C26H27FN7S/c1-29-21-10-15(27)9-19-18(21)12-22-24(19)25(34-8-3-5-16(28)14-34)32-26(31-22)35-17-11-23-20(30-13-17)6-4-7-33(23)2/h4,6-7,9-11,13,16,29H,3,5,8,12,14,28H2,1-2H3/q+1/t16-/m1/s1. The van der Waals surface area contributed by atoms with E-state index in [9.17, 15) is 4.39 Å². The zero-order valence-electron chi connectivity index (χ0n) is 19.8. The Labute approximate surface area is 207 Å². The summed E-state index contributed by atoms with van der Waals surface area (Å²) in [5.41, 5.74) is 12.9. The summed E-state index contributed by atoms with van der Waals surface area (Å²) in [6, 6.07) is 9.36. The quantitative estimate of drug-likeness (QED) is 0.295. The van der Waals surface area contributed by atoms with Gasteiger partial charge in [0.1, 0.15) is 24.2 Å². The highest BCUT2D eigenvalue weighted by Crippen LogP contribution is 2.46. The monoisotopic (exact) mass is 488 g/mol. The van der Waals surface area contributed by atoms with Crippen molar-refractivity contribution in [3.8, 4) is 11.1 Å². The number of aryl methyl sites for hydroxylation is 1. The van der Waals surface area contributed by atoms with Crippen LogP contribution in [0.5, 0.6) is 0 Å². The summed E-state index contributed by atoms with van der Waals surface area (Å²) in [6.45, 7) is 1.60. The highest BCUT2D eigenvalue weighted by Gasteiger charge is 2.31. The number of piperidine rings is 1. The summed E-state index contributed by atoms with van der Waals surface area (Å²) in [5, 5.41) is 3.81. The fourth-order valence-electron chi connectivity index (χ4n) is 5.15. The van der Waals surface area contributed by atoms with Crippen molar-refractivity contribution >= 4 is 34.3 Å². The molecule has 1 aliphatic heterocycles. The Balaban J connectivity index is 1.46. The summed E-state index contributed by atoms with van der Waals surface area (Å²) in [7, 11) is 3.83. The second-order valence-electron chi connectivity index (χ2n) is 9.20. The van der Waals surface area contributed by atoms with Crippen molar-refractivity contribution in [3.63, 3.8) is 0 Å². The second kappa shape index (κ2) is 8.73. The first-order valence-electron chi connectivity index (χ1n) is 11.8. The average Bonchev–Trinajstić information content (AvgIpc) is 3.22. The Morgan fingerprint density at radius 2 is 2.14 bits per heavy atom. The van der Waals surface area contributed by atoms with Crippen LogP contribution in [0.1, 0.15) is 24.1 Å². The van der Waals surface area contributed by atoms with Crippen molar-refractivity contribution in [2.75, 3.05) is 30.4 Å². The SMILES string of the molecule is CNc1cc(F)cc2c1Cc1nc(Sc3cnc4ccc[n+](C)c4c3)nc(N3CCC[C@@H](N)C3)c1-2. The predicted molar refractivity (Wildman–Crippen MR) is 136 cm³/mol. The number of halogens is 1. The molecule has 4 heterocycles. The third kappa shape index (κ3) is 3.98. The number of fused-ring (bicyclic) bond motifs is 4. The molecule has 35 heavy (non-hydrogen) atoms. The number of nitrogens with one attached hydrogen (secondary N) is 1. The minimum atomic E-state index is -0.268. The Hall–Kier alpha value is -3.30. The zero-order valence-corrected chi connectivity index (χ0v) is 20.6. The molecular weight excluding hydrogens is 461 g/mol. The van der Waals surface area contributed by atoms with Crippen molar-refractivity contribution in [2.45, 2.75) is 35.4 Å². The Morgan fingerprint density at radius 1 is 1.26 bits per heavy atom. The topological polar surface area (TPSA) is 83.8 Å². The van der Waals surface area contributed by atoms with E-state index in [1.54, 1.807) is 12.1 Å². The molecule has 0 unspecified atom stereocenters. The van der Waals surface area contributed by atoms with E-state index in [1.807, 2.05) is 38.6 Å². The summed E-state index contributed by atoms with van der Waals surface area (Å²) in [4.78, 5) is 17.8. The molecule has 6 rings (SSSR count). The lowest BCUT2D eigenvalue weighted by atomic mass is 10.0. The number of hydrogen-bond donors (Lipinski definition) is 2. The molecule has 178 valence electrons. The van der Waals surface area contributed by atoms with Crippen LogP contribution < -0.4 is 20.5 Å². The van der Waals surface area contributed by atoms with Crippen LogP contribution in [0.4, 0.5) is 15.9 Å². The van der Waals surface area contributed by atoms with Gasteiger partial charge in [-0.25, -0.2) is 19.3 Å². The van der Waals surface area contributed by atoms with Crippen molar-refractivity contribution in [2.24, 2.45) is 12.8 Å². The highest BCUT2D eigenvalue weighted by atomic mass is 32.2. The van der Waals surface area contributed by atoms with Gasteiger partial charge >= 0.3 is 0 Å². The van der Waals surface area contributed by atoms with Crippen LogP contribution in [0.2, 0.25) is 0 Å². The van der Waals surface area contributed by atoms with E-state index in [2.05, 4.69) is 25.8 Å². The first-order chi connectivity index (χ1) is 17.0. The third-order valence-electron chi connectivity index (χ3n) is 6.82. The molecule has 1 saturated heterocycles. The molecule has 0 bridgehead atoms. The van der Waals surface area contributed by atoms with E-state index < -0.39 is 0 Å². The van der Waals surface area contributed by atoms with Crippen LogP contribution in [0, 0.1) is 5.82 Å².